The Labute approximate surface area is 120 Å². The molecule has 0 saturated carbocycles. The van der Waals surface area contributed by atoms with Gasteiger partial charge in [-0.05, 0) is 44.1 Å². The molecule has 2 heterocycles. The highest BCUT2D eigenvalue weighted by atomic mass is 79.9. The van der Waals surface area contributed by atoms with E-state index < -0.39 is 0 Å². The molecule has 100 valence electrons. The highest BCUT2D eigenvalue weighted by Crippen LogP contribution is 2.17. The first-order valence-corrected chi connectivity index (χ1v) is 7.32. The third-order valence-corrected chi connectivity index (χ3v) is 4.19. The molecule has 1 aliphatic heterocycles. The molecule has 1 saturated heterocycles. The molecule has 0 amide bonds. The van der Waals surface area contributed by atoms with E-state index in [1.807, 2.05) is 25.2 Å². The molecule has 1 aromatic heterocycles. The third kappa shape index (κ3) is 2.44. The van der Waals surface area contributed by atoms with Crippen LogP contribution in [-0.2, 0) is 13.6 Å². The van der Waals surface area contributed by atoms with Gasteiger partial charge in [0, 0.05) is 11.5 Å². The number of aromatic nitrogens is 2. The summed E-state index contributed by atoms with van der Waals surface area (Å²) in [6.45, 7) is 2.97. The minimum absolute atomic E-state index is 0.0340. The topological polar surface area (TPSA) is 38.1 Å². The Morgan fingerprint density at radius 1 is 1.32 bits per heavy atom. The zero-order valence-corrected chi connectivity index (χ0v) is 12.5. The smallest absolute Gasteiger partial charge is 0.261 e. The van der Waals surface area contributed by atoms with Crippen molar-refractivity contribution in [3.8, 4) is 0 Å². The summed E-state index contributed by atoms with van der Waals surface area (Å²) in [5, 5.41) is 0.677. The Hall–Kier alpha value is -1.20. The monoisotopic (exact) mass is 321 g/mol. The van der Waals surface area contributed by atoms with E-state index in [1.54, 1.807) is 4.57 Å². The number of nitrogens with zero attached hydrogens (tertiary/aromatic N) is 3. The van der Waals surface area contributed by atoms with Gasteiger partial charge in [0.05, 0.1) is 17.4 Å². The molecule has 5 heteroatoms. The van der Waals surface area contributed by atoms with Crippen LogP contribution in [-0.4, -0.2) is 27.5 Å². The van der Waals surface area contributed by atoms with Gasteiger partial charge in [-0.15, -0.1) is 0 Å². The van der Waals surface area contributed by atoms with Crippen molar-refractivity contribution in [3.63, 3.8) is 0 Å². The highest BCUT2D eigenvalue weighted by molar-refractivity contribution is 9.10. The Bertz CT molecular complexity index is 674. The molecule has 1 aliphatic rings. The maximum atomic E-state index is 12.3. The van der Waals surface area contributed by atoms with Gasteiger partial charge in [-0.25, -0.2) is 4.98 Å². The average molecular weight is 322 g/mol. The fraction of sp³-hybridized carbons (Fsp3) is 0.429. The molecule has 0 spiro atoms. The van der Waals surface area contributed by atoms with Crippen LogP contribution in [0.25, 0.3) is 10.9 Å². The molecule has 0 N–H and O–H groups in total. The summed E-state index contributed by atoms with van der Waals surface area (Å²) in [5.41, 5.74) is 0.804. The second kappa shape index (κ2) is 5.06. The minimum atomic E-state index is 0.0340. The molecule has 4 nitrogen and oxygen atoms in total. The summed E-state index contributed by atoms with van der Waals surface area (Å²) in [7, 11) is 1.81. The molecular weight excluding hydrogens is 306 g/mol. The normalized spacial score (nSPS) is 16.3. The lowest BCUT2D eigenvalue weighted by Gasteiger charge is -2.16. The van der Waals surface area contributed by atoms with Crippen LogP contribution < -0.4 is 5.56 Å². The first-order valence-electron chi connectivity index (χ1n) is 6.53. The zero-order valence-electron chi connectivity index (χ0n) is 10.9. The quantitative estimate of drug-likeness (QED) is 0.851. The van der Waals surface area contributed by atoms with Crippen molar-refractivity contribution in [2.75, 3.05) is 13.1 Å². The number of hydrogen-bond donors (Lipinski definition) is 0. The first-order chi connectivity index (χ1) is 9.15. The molecule has 0 atom stereocenters. The highest BCUT2D eigenvalue weighted by Gasteiger charge is 2.15. The van der Waals surface area contributed by atoms with Crippen molar-refractivity contribution in [1.82, 2.24) is 14.5 Å². The molecule has 3 rings (SSSR count). The van der Waals surface area contributed by atoms with E-state index in [4.69, 9.17) is 0 Å². The van der Waals surface area contributed by atoms with Crippen molar-refractivity contribution in [1.29, 1.82) is 0 Å². The van der Waals surface area contributed by atoms with Crippen LogP contribution in [0.2, 0.25) is 0 Å². The van der Waals surface area contributed by atoms with Gasteiger partial charge in [-0.2, -0.15) is 0 Å². The van der Waals surface area contributed by atoms with Crippen molar-refractivity contribution >= 4 is 26.8 Å². The standard InChI is InChI=1S/C14H16BrN3O/c1-17-13(9-18-6-2-3-7-18)16-12-8-10(15)4-5-11(12)14(17)19/h4-5,8H,2-3,6-7,9H2,1H3. The lowest BCUT2D eigenvalue weighted by molar-refractivity contribution is 0.317. The van der Waals surface area contributed by atoms with E-state index in [0.717, 1.165) is 35.4 Å². The fourth-order valence-corrected chi connectivity index (χ4v) is 2.92. The van der Waals surface area contributed by atoms with Crippen LogP contribution in [0.3, 0.4) is 0 Å². The Kier molecular flexibility index (Phi) is 3.41. The molecule has 1 fully saturated rings. The van der Waals surface area contributed by atoms with Gasteiger partial charge in [0.1, 0.15) is 5.82 Å². The molecule has 19 heavy (non-hydrogen) atoms. The fourth-order valence-electron chi connectivity index (χ4n) is 2.57. The second-order valence-corrected chi connectivity index (χ2v) is 5.95. The predicted octanol–water partition coefficient (Wildman–Crippen LogP) is 2.29. The number of fused-ring (bicyclic) bond motifs is 1. The number of halogens is 1. The lowest BCUT2D eigenvalue weighted by atomic mass is 10.2. The van der Waals surface area contributed by atoms with E-state index in [0.29, 0.717) is 5.39 Å². The van der Waals surface area contributed by atoms with Crippen molar-refractivity contribution in [2.45, 2.75) is 19.4 Å². The summed E-state index contributed by atoms with van der Waals surface area (Å²) in [6.07, 6.45) is 2.49. The van der Waals surface area contributed by atoms with E-state index >= 15 is 0 Å². The molecule has 0 radical (unpaired) electrons. The summed E-state index contributed by atoms with van der Waals surface area (Å²) in [5.74, 6) is 0.845. The van der Waals surface area contributed by atoms with Crippen LogP contribution in [0.4, 0.5) is 0 Å². The largest absolute Gasteiger partial charge is 0.298 e. The zero-order chi connectivity index (χ0) is 13.4. The molecule has 0 unspecified atom stereocenters. The maximum absolute atomic E-state index is 12.3. The van der Waals surface area contributed by atoms with E-state index in [-0.39, 0.29) is 5.56 Å². The van der Waals surface area contributed by atoms with Crippen molar-refractivity contribution in [2.24, 2.45) is 7.05 Å². The first kappa shape index (κ1) is 12.8. The van der Waals surface area contributed by atoms with Gasteiger partial charge in [0.2, 0.25) is 0 Å². The van der Waals surface area contributed by atoms with Crippen molar-refractivity contribution in [3.05, 3.63) is 38.9 Å². The Morgan fingerprint density at radius 3 is 2.79 bits per heavy atom. The van der Waals surface area contributed by atoms with Crippen LogP contribution in [0.15, 0.2) is 27.5 Å². The van der Waals surface area contributed by atoms with E-state index in [2.05, 4.69) is 25.8 Å². The maximum Gasteiger partial charge on any atom is 0.261 e. The van der Waals surface area contributed by atoms with Gasteiger partial charge in [0.15, 0.2) is 0 Å². The predicted molar refractivity (Wildman–Crippen MR) is 79.2 cm³/mol. The van der Waals surface area contributed by atoms with E-state index in [9.17, 15) is 4.79 Å². The summed E-state index contributed by atoms with van der Waals surface area (Å²) in [4.78, 5) is 19.3. The average Bonchev–Trinajstić information content (AvgIpc) is 2.88. The number of hydrogen-bond acceptors (Lipinski definition) is 3. The van der Waals surface area contributed by atoms with Gasteiger partial charge < -0.3 is 0 Å². The van der Waals surface area contributed by atoms with Gasteiger partial charge in [-0.3, -0.25) is 14.3 Å². The molecule has 0 aliphatic carbocycles. The van der Waals surface area contributed by atoms with Crippen molar-refractivity contribution < 1.29 is 0 Å². The van der Waals surface area contributed by atoms with E-state index in [1.165, 1.54) is 12.8 Å². The summed E-state index contributed by atoms with van der Waals surface area (Å²) in [6, 6.07) is 5.62. The van der Waals surface area contributed by atoms with Gasteiger partial charge in [-0.1, -0.05) is 15.9 Å². The number of rotatable bonds is 2. The van der Waals surface area contributed by atoms with Gasteiger partial charge >= 0.3 is 0 Å². The number of likely N-dealkylation sites (tertiary alicyclic amines) is 1. The number of benzene rings is 1. The lowest BCUT2D eigenvalue weighted by Crippen LogP contribution is -2.28. The molecule has 2 aromatic rings. The third-order valence-electron chi connectivity index (χ3n) is 3.70. The minimum Gasteiger partial charge on any atom is -0.298 e. The SMILES string of the molecule is Cn1c(CN2CCCC2)nc2cc(Br)ccc2c1=O. The summed E-state index contributed by atoms with van der Waals surface area (Å²) >= 11 is 3.43. The van der Waals surface area contributed by atoms with Crippen LogP contribution in [0.5, 0.6) is 0 Å². The van der Waals surface area contributed by atoms with Crippen LogP contribution >= 0.6 is 15.9 Å². The molecule has 1 aromatic carbocycles. The van der Waals surface area contributed by atoms with Crippen LogP contribution in [0.1, 0.15) is 18.7 Å². The summed E-state index contributed by atoms with van der Waals surface area (Å²) < 4.78 is 2.63. The van der Waals surface area contributed by atoms with Crippen LogP contribution in [0, 0.1) is 0 Å². The Morgan fingerprint density at radius 2 is 2.05 bits per heavy atom. The Balaban J connectivity index is 2.08. The van der Waals surface area contributed by atoms with Gasteiger partial charge in [0.25, 0.3) is 5.56 Å². The second-order valence-electron chi connectivity index (χ2n) is 5.04. The molecular formula is C14H16BrN3O. The molecule has 0 bridgehead atoms.